The predicted molar refractivity (Wildman–Crippen MR) is 138 cm³/mol. The van der Waals surface area contributed by atoms with Crippen LogP contribution in [-0.4, -0.2) is 40.8 Å². The first kappa shape index (κ1) is 24.1. The Morgan fingerprint density at radius 2 is 1.83 bits per heavy atom. The highest BCUT2D eigenvalue weighted by Gasteiger charge is 2.23. The monoisotopic (exact) mass is 489 g/mol. The minimum absolute atomic E-state index is 0.134. The number of aromatic nitrogens is 2. The molecule has 186 valence electrons. The predicted octanol–water partition coefficient (Wildman–Crippen LogP) is 5.98. The number of ether oxygens (including phenoxy) is 1. The summed E-state index contributed by atoms with van der Waals surface area (Å²) in [6.45, 7) is 4.23. The van der Waals surface area contributed by atoms with E-state index in [9.17, 15) is 13.6 Å². The molecule has 0 spiro atoms. The van der Waals surface area contributed by atoms with Crippen LogP contribution in [0.5, 0.6) is 11.5 Å². The Morgan fingerprint density at radius 3 is 2.61 bits per heavy atom. The van der Waals surface area contributed by atoms with Gasteiger partial charge in [0.1, 0.15) is 29.8 Å². The molecule has 0 bridgehead atoms. The van der Waals surface area contributed by atoms with E-state index in [1.807, 2.05) is 31.2 Å². The lowest BCUT2D eigenvalue weighted by Crippen LogP contribution is -2.39. The van der Waals surface area contributed by atoms with Crippen LogP contribution in [0.2, 0.25) is 0 Å². The first-order valence-corrected chi connectivity index (χ1v) is 12.3. The van der Waals surface area contributed by atoms with E-state index in [-0.39, 0.29) is 24.0 Å². The van der Waals surface area contributed by atoms with Crippen molar-refractivity contribution in [3.63, 3.8) is 0 Å². The third kappa shape index (κ3) is 5.16. The molecule has 36 heavy (non-hydrogen) atoms. The van der Waals surface area contributed by atoms with Crippen molar-refractivity contribution in [2.45, 2.75) is 26.3 Å². The largest absolute Gasteiger partial charge is 0.457 e. The fourth-order valence-corrected chi connectivity index (χ4v) is 4.98. The molecule has 0 aliphatic carbocycles. The van der Waals surface area contributed by atoms with Gasteiger partial charge >= 0.3 is 0 Å². The summed E-state index contributed by atoms with van der Waals surface area (Å²) in [4.78, 5) is 21.0. The minimum Gasteiger partial charge on any atom is -0.457 e. The van der Waals surface area contributed by atoms with E-state index in [4.69, 9.17) is 9.72 Å². The Hall–Kier alpha value is -3.58. The summed E-state index contributed by atoms with van der Waals surface area (Å²) in [5, 5.41) is 0.461. The van der Waals surface area contributed by atoms with E-state index in [0.29, 0.717) is 41.3 Å². The highest BCUT2D eigenvalue weighted by Crippen LogP contribution is 2.28. The van der Waals surface area contributed by atoms with Crippen LogP contribution >= 0.6 is 0 Å². The van der Waals surface area contributed by atoms with Gasteiger partial charge in [-0.3, -0.25) is 9.36 Å². The van der Waals surface area contributed by atoms with Gasteiger partial charge in [0.25, 0.3) is 5.56 Å². The maximum atomic E-state index is 13.9. The maximum absolute atomic E-state index is 13.9. The van der Waals surface area contributed by atoms with Crippen LogP contribution in [0.3, 0.4) is 0 Å². The lowest BCUT2D eigenvalue weighted by Gasteiger charge is -2.32. The number of halogens is 2. The van der Waals surface area contributed by atoms with Crippen molar-refractivity contribution < 1.29 is 13.5 Å². The molecule has 0 amide bonds. The van der Waals surface area contributed by atoms with E-state index >= 15 is 0 Å². The van der Waals surface area contributed by atoms with E-state index in [1.54, 1.807) is 34.9 Å². The second-order valence-corrected chi connectivity index (χ2v) is 9.40. The molecule has 5 nitrogen and oxygen atoms in total. The molecule has 2 heterocycles. The summed E-state index contributed by atoms with van der Waals surface area (Å²) in [6, 6.07) is 18.9. The number of benzene rings is 3. The smallest absolute Gasteiger partial charge is 0.261 e. The molecule has 1 aromatic heterocycles. The number of fused-ring (bicyclic) bond motifs is 1. The van der Waals surface area contributed by atoms with Crippen molar-refractivity contribution in [2.24, 2.45) is 5.92 Å². The molecule has 1 fully saturated rings. The van der Waals surface area contributed by atoms with Crippen molar-refractivity contribution in [1.29, 1.82) is 0 Å². The van der Waals surface area contributed by atoms with Crippen molar-refractivity contribution in [2.75, 3.05) is 26.3 Å². The van der Waals surface area contributed by atoms with E-state index in [0.717, 1.165) is 37.1 Å². The summed E-state index contributed by atoms with van der Waals surface area (Å²) in [5.74, 6) is 1.49. The zero-order valence-corrected chi connectivity index (χ0v) is 20.3. The fraction of sp³-hybridized carbons (Fsp3) is 0.310. The second-order valence-electron chi connectivity index (χ2n) is 9.40. The second kappa shape index (κ2) is 10.6. The number of hydrogen-bond acceptors (Lipinski definition) is 4. The molecule has 7 heteroatoms. The van der Waals surface area contributed by atoms with Crippen molar-refractivity contribution in [3.8, 4) is 22.9 Å². The molecule has 1 saturated heterocycles. The van der Waals surface area contributed by atoms with Gasteiger partial charge in [-0.15, -0.1) is 0 Å². The van der Waals surface area contributed by atoms with Gasteiger partial charge in [0.15, 0.2) is 0 Å². The van der Waals surface area contributed by atoms with Gasteiger partial charge in [-0.25, -0.2) is 13.8 Å². The number of piperidine rings is 1. The highest BCUT2D eigenvalue weighted by atomic mass is 19.1. The molecule has 3 aromatic carbocycles. The molecular formula is C29H29F2N3O2. The van der Waals surface area contributed by atoms with E-state index < -0.39 is 0 Å². The number of alkyl halides is 1. The van der Waals surface area contributed by atoms with Gasteiger partial charge in [0.2, 0.25) is 0 Å². The lowest BCUT2D eigenvalue weighted by molar-refractivity contribution is 0.152. The Morgan fingerprint density at radius 1 is 1.06 bits per heavy atom. The van der Waals surface area contributed by atoms with Gasteiger partial charge < -0.3 is 9.64 Å². The van der Waals surface area contributed by atoms with Gasteiger partial charge in [-0.05, 0) is 80.3 Å². The Labute approximate surface area is 209 Å². The summed E-state index contributed by atoms with van der Waals surface area (Å²) in [6.07, 6.45) is 1.96. The van der Waals surface area contributed by atoms with Crippen LogP contribution in [0.4, 0.5) is 8.78 Å². The quantitative estimate of drug-likeness (QED) is 0.320. The van der Waals surface area contributed by atoms with Crippen molar-refractivity contribution >= 4 is 10.9 Å². The van der Waals surface area contributed by atoms with Crippen molar-refractivity contribution in [3.05, 3.63) is 88.5 Å². The Kier molecular flexibility index (Phi) is 7.09. The average Bonchev–Trinajstić information content (AvgIpc) is 2.88. The third-order valence-electron chi connectivity index (χ3n) is 6.81. The standard InChI is InChI=1S/C29H29F2N3O2/c1-20-5-2-3-7-25(20)28-32-27-13-12-24(36-23-10-8-22(31)9-11-23)17-26(27)29(35)34(28)19-21-6-4-15-33(18-21)16-14-30/h2-3,5,7-13,17,21H,4,6,14-16,18-19H2,1H3/t21-/m0/s1. The topological polar surface area (TPSA) is 47.4 Å². The summed E-state index contributed by atoms with van der Waals surface area (Å²) in [7, 11) is 0. The summed E-state index contributed by atoms with van der Waals surface area (Å²) in [5.41, 5.74) is 2.41. The molecule has 4 aromatic rings. The Bertz CT molecular complexity index is 1420. The molecule has 1 aliphatic heterocycles. The average molecular weight is 490 g/mol. The number of aryl methyl sites for hydroxylation is 1. The van der Waals surface area contributed by atoms with Gasteiger partial charge in [-0.1, -0.05) is 24.3 Å². The number of hydrogen-bond donors (Lipinski definition) is 0. The van der Waals surface area contributed by atoms with Crippen LogP contribution in [0, 0.1) is 18.7 Å². The third-order valence-corrected chi connectivity index (χ3v) is 6.81. The Balaban J connectivity index is 1.57. The first-order valence-electron chi connectivity index (χ1n) is 12.3. The van der Waals surface area contributed by atoms with Crippen LogP contribution in [0.25, 0.3) is 22.3 Å². The van der Waals surface area contributed by atoms with Crippen LogP contribution < -0.4 is 10.3 Å². The van der Waals surface area contributed by atoms with E-state index in [2.05, 4.69) is 4.90 Å². The molecule has 0 N–H and O–H groups in total. The van der Waals surface area contributed by atoms with Gasteiger partial charge in [0.05, 0.1) is 10.9 Å². The highest BCUT2D eigenvalue weighted by molar-refractivity contribution is 5.81. The molecule has 0 unspecified atom stereocenters. The van der Waals surface area contributed by atoms with Gasteiger partial charge in [0, 0.05) is 25.2 Å². The molecule has 0 radical (unpaired) electrons. The molecule has 1 aliphatic rings. The SMILES string of the molecule is Cc1ccccc1-c1nc2ccc(Oc3ccc(F)cc3)cc2c(=O)n1C[C@H]1CCCN(CCF)C1. The summed E-state index contributed by atoms with van der Waals surface area (Å²) >= 11 is 0. The number of rotatable bonds is 7. The minimum atomic E-state index is -0.366. The maximum Gasteiger partial charge on any atom is 0.261 e. The molecule has 5 rings (SSSR count). The summed E-state index contributed by atoms with van der Waals surface area (Å²) < 4.78 is 33.9. The molecule has 0 saturated carbocycles. The fourth-order valence-electron chi connectivity index (χ4n) is 4.98. The zero-order chi connectivity index (χ0) is 25.1. The number of nitrogens with zero attached hydrogens (tertiary/aromatic N) is 3. The molecular weight excluding hydrogens is 460 g/mol. The number of likely N-dealkylation sites (tertiary alicyclic amines) is 1. The zero-order valence-electron chi connectivity index (χ0n) is 20.3. The molecule has 1 atom stereocenters. The lowest BCUT2D eigenvalue weighted by atomic mass is 9.97. The van der Waals surface area contributed by atoms with Gasteiger partial charge in [-0.2, -0.15) is 0 Å². The van der Waals surface area contributed by atoms with Crippen molar-refractivity contribution in [1.82, 2.24) is 14.5 Å². The van der Waals surface area contributed by atoms with Crippen LogP contribution in [0.1, 0.15) is 18.4 Å². The van der Waals surface area contributed by atoms with E-state index in [1.165, 1.54) is 12.1 Å². The van der Waals surface area contributed by atoms with Crippen LogP contribution in [0.15, 0.2) is 71.5 Å². The first-order chi connectivity index (χ1) is 17.5. The van der Waals surface area contributed by atoms with Crippen LogP contribution in [-0.2, 0) is 6.54 Å². The normalized spacial score (nSPS) is 16.4.